The van der Waals surface area contributed by atoms with Gasteiger partial charge in [0.25, 0.3) is 0 Å². The minimum Gasteiger partial charge on any atom is -0.355 e. The van der Waals surface area contributed by atoms with E-state index >= 15 is 0 Å². The second-order valence-electron chi connectivity index (χ2n) is 13.5. The number of anilines is 2. The Morgan fingerprint density at radius 3 is 2.10 bits per heavy atom. The minimum absolute atomic E-state index is 0.0559. The quantitative estimate of drug-likeness (QED) is 0.155. The van der Waals surface area contributed by atoms with Gasteiger partial charge in [0, 0.05) is 47.5 Å². The fourth-order valence-corrected chi connectivity index (χ4v) is 6.99. The zero-order valence-electron chi connectivity index (χ0n) is 28.5. The number of hydrogen-bond acceptors (Lipinski definition) is 5. The van der Waals surface area contributed by atoms with E-state index in [1.165, 1.54) is 0 Å². The van der Waals surface area contributed by atoms with E-state index in [-0.39, 0.29) is 23.6 Å². The Hall–Kier alpha value is -4.96. The summed E-state index contributed by atoms with van der Waals surface area (Å²) < 4.78 is 0. The van der Waals surface area contributed by atoms with Crippen LogP contribution in [-0.4, -0.2) is 70.6 Å². The van der Waals surface area contributed by atoms with Crippen molar-refractivity contribution in [3.63, 3.8) is 0 Å². The van der Waals surface area contributed by atoms with Gasteiger partial charge in [-0.15, -0.1) is 0 Å². The molecule has 0 saturated carbocycles. The van der Waals surface area contributed by atoms with E-state index in [0.717, 1.165) is 47.0 Å². The van der Waals surface area contributed by atoms with Gasteiger partial charge in [0.15, 0.2) is 0 Å². The number of fused-ring (bicyclic) bond motifs is 1. The third-order valence-corrected chi connectivity index (χ3v) is 9.67. The Morgan fingerprint density at radius 1 is 0.796 bits per heavy atom. The fraction of sp³-hybridized carbons (Fsp3) is 0.385. The van der Waals surface area contributed by atoms with Crippen molar-refractivity contribution in [2.24, 2.45) is 5.92 Å². The van der Waals surface area contributed by atoms with Crippen LogP contribution >= 0.6 is 0 Å². The van der Waals surface area contributed by atoms with E-state index in [2.05, 4.69) is 34.8 Å². The summed E-state index contributed by atoms with van der Waals surface area (Å²) >= 11 is 0. The molecule has 10 heteroatoms. The average Bonchev–Trinajstić information content (AvgIpc) is 3.88. The highest BCUT2D eigenvalue weighted by Crippen LogP contribution is 2.29. The highest BCUT2D eigenvalue weighted by atomic mass is 16.2. The van der Waals surface area contributed by atoms with Gasteiger partial charge in [-0.1, -0.05) is 56.3 Å². The van der Waals surface area contributed by atoms with Crippen LogP contribution in [0.25, 0.3) is 22.2 Å². The first-order valence-corrected chi connectivity index (χ1v) is 17.4. The first-order chi connectivity index (χ1) is 23.7. The molecule has 2 aliphatic heterocycles. The van der Waals surface area contributed by atoms with Crippen LogP contribution in [0, 0.1) is 5.92 Å². The molecule has 10 nitrogen and oxygen atoms in total. The largest absolute Gasteiger partial charge is 0.355 e. The number of nitrogens with zero attached hydrogens (tertiary/aromatic N) is 2. The topological polar surface area (TPSA) is 127 Å². The highest BCUT2D eigenvalue weighted by Gasteiger charge is 2.37. The summed E-state index contributed by atoms with van der Waals surface area (Å²) in [6.45, 7) is 5.37. The van der Waals surface area contributed by atoms with Crippen LogP contribution in [0.4, 0.5) is 11.4 Å². The number of amides is 4. The number of aromatic nitrogens is 1. The summed E-state index contributed by atoms with van der Waals surface area (Å²) in [7, 11) is 1.76. The van der Waals surface area contributed by atoms with E-state index in [1.54, 1.807) is 16.8 Å². The highest BCUT2D eigenvalue weighted by molar-refractivity contribution is 6.00. The Labute approximate surface area is 287 Å². The number of H-pyrrole nitrogens is 1. The second-order valence-corrected chi connectivity index (χ2v) is 13.5. The standard InChI is InChI=1S/C39H46N6O4/c1-25(2)13-20-35(46)44-21-7-11-33(44)37(47)41-29-16-14-26(15-17-29)32-24-28-23-30(18-19-31(28)43-32)42-38(48)34-12-8-22-45(34)39(49)36(40-3)27-9-5-4-6-10-27/h4-6,9-10,14-19,23-25,33-34,36,40,43H,7-8,11-13,20-22H2,1-3H3,(H,41,47)(H,42,48)/t33-,34-,36+/m0/s1. The van der Waals surface area contributed by atoms with Crippen molar-refractivity contribution in [3.05, 3.63) is 84.4 Å². The van der Waals surface area contributed by atoms with Crippen LogP contribution in [0.15, 0.2) is 78.9 Å². The van der Waals surface area contributed by atoms with E-state index in [4.69, 9.17) is 0 Å². The summed E-state index contributed by atoms with van der Waals surface area (Å²) in [4.78, 5) is 59.7. The molecule has 0 spiro atoms. The number of hydrogen-bond donors (Lipinski definition) is 4. The predicted octanol–water partition coefficient (Wildman–Crippen LogP) is 6.09. The van der Waals surface area contributed by atoms with Crippen LogP contribution in [0.5, 0.6) is 0 Å². The van der Waals surface area contributed by atoms with Gasteiger partial charge in [-0.2, -0.15) is 0 Å². The van der Waals surface area contributed by atoms with E-state index in [9.17, 15) is 19.2 Å². The van der Waals surface area contributed by atoms with Crippen molar-refractivity contribution >= 4 is 45.9 Å². The number of carbonyl (C=O) groups is 4. The number of aromatic amines is 1. The average molecular weight is 663 g/mol. The zero-order valence-corrected chi connectivity index (χ0v) is 28.5. The van der Waals surface area contributed by atoms with Crippen LogP contribution in [-0.2, 0) is 19.2 Å². The molecule has 4 aromatic rings. The lowest BCUT2D eigenvalue weighted by atomic mass is 10.1. The normalized spacial score (nSPS) is 18.2. The van der Waals surface area contributed by atoms with Crippen molar-refractivity contribution in [3.8, 4) is 11.3 Å². The molecule has 6 rings (SSSR count). The summed E-state index contributed by atoms with van der Waals surface area (Å²) in [5, 5.41) is 10.1. The maximum Gasteiger partial charge on any atom is 0.247 e. The van der Waals surface area contributed by atoms with Gasteiger partial charge < -0.3 is 30.7 Å². The SMILES string of the molecule is CN[C@@H](C(=O)N1CCC[C@H]1C(=O)Nc1ccc2[nH]c(-c3ccc(NC(=O)[C@@H]4CCCN4C(=O)CCC(C)C)cc3)cc2c1)c1ccccc1. The molecule has 0 bridgehead atoms. The van der Waals surface area contributed by atoms with Gasteiger partial charge in [0.1, 0.15) is 18.1 Å². The summed E-state index contributed by atoms with van der Waals surface area (Å²) in [5.74, 6) is 0.0607. The maximum absolute atomic E-state index is 13.5. The lowest BCUT2D eigenvalue weighted by Gasteiger charge is -2.28. The van der Waals surface area contributed by atoms with E-state index < -0.39 is 18.1 Å². The first-order valence-electron chi connectivity index (χ1n) is 17.4. The van der Waals surface area contributed by atoms with Crippen molar-refractivity contribution in [2.75, 3.05) is 30.8 Å². The molecule has 256 valence electrons. The summed E-state index contributed by atoms with van der Waals surface area (Å²) in [6, 6.07) is 23.5. The zero-order chi connectivity index (χ0) is 34.5. The van der Waals surface area contributed by atoms with Gasteiger partial charge in [-0.05, 0) is 92.6 Å². The van der Waals surface area contributed by atoms with Crippen LogP contribution in [0.3, 0.4) is 0 Å². The predicted molar refractivity (Wildman–Crippen MR) is 193 cm³/mol. The Balaban J connectivity index is 1.08. The number of likely N-dealkylation sites (N-methyl/N-ethyl adjacent to an activating group) is 1. The molecule has 0 unspecified atom stereocenters. The molecule has 0 aliphatic carbocycles. The number of nitrogens with one attached hydrogen (secondary N) is 4. The molecule has 2 aliphatic rings. The third-order valence-electron chi connectivity index (χ3n) is 9.67. The van der Waals surface area contributed by atoms with Crippen molar-refractivity contribution in [1.29, 1.82) is 0 Å². The van der Waals surface area contributed by atoms with Gasteiger partial charge in [0.05, 0.1) is 0 Å². The molecule has 4 N–H and O–H groups in total. The number of benzene rings is 3. The Kier molecular flexibility index (Phi) is 10.4. The molecule has 0 radical (unpaired) electrons. The number of rotatable bonds is 11. The van der Waals surface area contributed by atoms with Crippen molar-refractivity contribution < 1.29 is 19.2 Å². The molecule has 3 atom stereocenters. The van der Waals surface area contributed by atoms with Crippen LogP contribution in [0.1, 0.15) is 64.0 Å². The third kappa shape index (κ3) is 7.70. The minimum atomic E-state index is -0.536. The van der Waals surface area contributed by atoms with Crippen molar-refractivity contribution in [2.45, 2.75) is 70.5 Å². The number of likely N-dealkylation sites (tertiary alicyclic amines) is 2. The lowest BCUT2D eigenvalue weighted by Crippen LogP contribution is -2.47. The van der Waals surface area contributed by atoms with Gasteiger partial charge in [-0.25, -0.2) is 0 Å². The Morgan fingerprint density at radius 2 is 1.43 bits per heavy atom. The molecule has 2 saturated heterocycles. The van der Waals surface area contributed by atoms with Gasteiger partial charge >= 0.3 is 0 Å². The summed E-state index contributed by atoms with van der Waals surface area (Å²) in [5.41, 5.74) is 4.99. The maximum atomic E-state index is 13.5. The first kappa shape index (κ1) is 33.9. The molecule has 3 aromatic carbocycles. The molecular formula is C39H46N6O4. The van der Waals surface area contributed by atoms with Gasteiger partial charge in [-0.3, -0.25) is 19.2 Å². The molecule has 1 aromatic heterocycles. The lowest BCUT2D eigenvalue weighted by molar-refractivity contribution is -0.138. The van der Waals surface area contributed by atoms with Crippen molar-refractivity contribution in [1.82, 2.24) is 20.1 Å². The van der Waals surface area contributed by atoms with E-state index in [1.807, 2.05) is 78.9 Å². The second kappa shape index (κ2) is 15.1. The summed E-state index contributed by atoms with van der Waals surface area (Å²) in [6.07, 6.45) is 4.20. The van der Waals surface area contributed by atoms with Crippen LogP contribution in [0.2, 0.25) is 0 Å². The molecular weight excluding hydrogens is 616 g/mol. The Bertz CT molecular complexity index is 1800. The molecule has 4 amide bonds. The smallest absolute Gasteiger partial charge is 0.247 e. The fourth-order valence-electron chi connectivity index (χ4n) is 6.99. The van der Waals surface area contributed by atoms with E-state index in [0.29, 0.717) is 49.6 Å². The van der Waals surface area contributed by atoms with Crippen LogP contribution < -0.4 is 16.0 Å². The van der Waals surface area contributed by atoms with Gasteiger partial charge in [0.2, 0.25) is 23.6 Å². The monoisotopic (exact) mass is 662 g/mol. The molecule has 2 fully saturated rings. The molecule has 49 heavy (non-hydrogen) atoms. The number of carbonyl (C=O) groups excluding carboxylic acids is 4. The molecule has 3 heterocycles.